The van der Waals surface area contributed by atoms with Crippen molar-refractivity contribution in [2.24, 2.45) is 0 Å². The van der Waals surface area contributed by atoms with Crippen LogP contribution in [0.15, 0.2) is 0 Å². The molecule has 0 bridgehead atoms. The van der Waals surface area contributed by atoms with Crippen LogP contribution in [-0.2, 0) is 4.79 Å². The van der Waals surface area contributed by atoms with Crippen molar-refractivity contribution >= 4 is 5.91 Å². The van der Waals surface area contributed by atoms with Gasteiger partial charge >= 0.3 is 0 Å². The molecule has 4 unspecified atom stereocenters. The van der Waals surface area contributed by atoms with Gasteiger partial charge in [0.05, 0.1) is 18.8 Å². The van der Waals surface area contributed by atoms with Gasteiger partial charge in [-0.2, -0.15) is 0 Å². The average Bonchev–Trinajstić information content (AvgIpc) is 3.24. The fourth-order valence-corrected chi connectivity index (χ4v) is 8.82. The molecule has 6 heteroatoms. The molecule has 0 aromatic carbocycles. The largest absolute Gasteiger partial charge is 0.394 e. The first kappa shape index (κ1) is 58.3. The van der Waals surface area contributed by atoms with E-state index >= 15 is 0 Å². The lowest BCUT2D eigenvalue weighted by atomic mass is 9.99. The lowest BCUT2D eigenvalue weighted by Gasteiger charge is -2.27. The maximum absolute atomic E-state index is 12.6. The van der Waals surface area contributed by atoms with Gasteiger partial charge in [0, 0.05) is 0 Å². The molecule has 0 aliphatic heterocycles. The number of carbonyl (C=O) groups is 1. The summed E-state index contributed by atoms with van der Waals surface area (Å²) in [4.78, 5) is 12.6. The number of carbonyl (C=O) groups excluding carboxylic acids is 1. The van der Waals surface area contributed by atoms with Gasteiger partial charge in [0.2, 0.25) is 5.91 Å². The molecule has 0 aliphatic carbocycles. The molecule has 0 heterocycles. The molecule has 0 saturated heterocycles. The van der Waals surface area contributed by atoms with Crippen LogP contribution in [-0.4, -0.2) is 57.3 Å². The first-order chi connectivity index (χ1) is 29.0. The second kappa shape index (κ2) is 48.3. The first-order valence-corrected chi connectivity index (χ1v) is 26.9. The van der Waals surface area contributed by atoms with Gasteiger partial charge in [-0.3, -0.25) is 4.79 Å². The van der Waals surface area contributed by atoms with Crippen LogP contribution >= 0.6 is 0 Å². The number of aliphatic hydroxyl groups is 4. The third-order valence-corrected chi connectivity index (χ3v) is 13.1. The highest BCUT2D eigenvalue weighted by molar-refractivity contribution is 5.80. The van der Waals surface area contributed by atoms with E-state index in [4.69, 9.17) is 0 Å². The number of aliphatic hydroxyl groups excluding tert-OH is 4. The Morgan fingerprint density at radius 2 is 0.576 bits per heavy atom. The summed E-state index contributed by atoms with van der Waals surface area (Å²) in [6, 6.07) is -0.980. The summed E-state index contributed by atoms with van der Waals surface area (Å²) in [5.74, 6) is -0.576. The minimum absolute atomic E-state index is 0.376. The van der Waals surface area contributed by atoms with E-state index in [1.807, 2.05) is 0 Å². The second-order valence-electron chi connectivity index (χ2n) is 18.9. The van der Waals surface area contributed by atoms with E-state index in [0.717, 1.165) is 38.5 Å². The van der Waals surface area contributed by atoms with Gasteiger partial charge in [-0.15, -0.1) is 0 Å². The van der Waals surface area contributed by atoms with Crippen LogP contribution in [0.25, 0.3) is 0 Å². The highest BCUT2D eigenvalue weighted by atomic mass is 16.3. The number of hydrogen-bond acceptors (Lipinski definition) is 5. The molecule has 0 rings (SSSR count). The number of nitrogens with one attached hydrogen (secondary N) is 1. The van der Waals surface area contributed by atoms with Crippen molar-refractivity contribution in [3.05, 3.63) is 0 Å². The first-order valence-electron chi connectivity index (χ1n) is 26.9. The smallest absolute Gasteiger partial charge is 0.249 e. The Kier molecular flexibility index (Phi) is 47.8. The van der Waals surface area contributed by atoms with Gasteiger partial charge in [-0.1, -0.05) is 290 Å². The SMILES string of the molecule is CCCCCCCCCCCCCCCCCCCCCCCCC(O)C(=O)NC(CO)C(O)C(O)CCCCCCCCCCCCCCCCCCCCCCC. The van der Waals surface area contributed by atoms with Crippen molar-refractivity contribution in [2.75, 3.05) is 6.61 Å². The Hall–Kier alpha value is -0.690. The van der Waals surface area contributed by atoms with E-state index in [1.54, 1.807) is 0 Å². The highest BCUT2D eigenvalue weighted by Crippen LogP contribution is 2.18. The molecule has 354 valence electrons. The fourth-order valence-electron chi connectivity index (χ4n) is 8.82. The van der Waals surface area contributed by atoms with Crippen LogP contribution < -0.4 is 5.32 Å². The lowest BCUT2D eigenvalue weighted by Crippen LogP contribution is -2.53. The summed E-state index contributed by atoms with van der Waals surface area (Å²) in [6.07, 6.45) is 54.4. The van der Waals surface area contributed by atoms with Crippen LogP contribution in [0.1, 0.15) is 303 Å². The standard InChI is InChI=1S/C53H107NO5/c1-3-5-7-9-11-13-15-17-19-21-23-25-27-29-31-33-35-37-39-41-43-45-47-51(57)53(59)54-49(48-55)52(58)50(56)46-44-42-40-38-36-34-32-30-28-26-24-22-20-18-16-14-12-10-8-6-4-2/h49-52,55-58H,3-48H2,1-2H3,(H,54,59). The van der Waals surface area contributed by atoms with Crippen LogP contribution in [0.5, 0.6) is 0 Å². The normalized spacial score (nSPS) is 13.8. The van der Waals surface area contributed by atoms with E-state index in [9.17, 15) is 25.2 Å². The molecule has 0 saturated carbocycles. The third-order valence-electron chi connectivity index (χ3n) is 13.1. The topological polar surface area (TPSA) is 110 Å². The number of rotatable bonds is 50. The van der Waals surface area contributed by atoms with Crippen LogP contribution in [0.3, 0.4) is 0 Å². The van der Waals surface area contributed by atoms with Crippen LogP contribution in [0.4, 0.5) is 0 Å². The van der Waals surface area contributed by atoms with Crippen molar-refractivity contribution in [3.63, 3.8) is 0 Å². The van der Waals surface area contributed by atoms with Crippen LogP contribution in [0.2, 0.25) is 0 Å². The van der Waals surface area contributed by atoms with E-state index in [2.05, 4.69) is 19.2 Å². The van der Waals surface area contributed by atoms with E-state index in [0.29, 0.717) is 12.8 Å². The molecule has 5 N–H and O–H groups in total. The predicted molar refractivity (Wildman–Crippen MR) is 256 cm³/mol. The number of hydrogen-bond donors (Lipinski definition) is 5. The zero-order valence-electron chi connectivity index (χ0n) is 40.0. The van der Waals surface area contributed by atoms with Gasteiger partial charge < -0.3 is 25.7 Å². The Morgan fingerprint density at radius 1 is 0.356 bits per heavy atom. The molecule has 0 aliphatic rings. The van der Waals surface area contributed by atoms with E-state index in [-0.39, 0.29) is 0 Å². The molecular weight excluding hydrogens is 731 g/mol. The second-order valence-corrected chi connectivity index (χ2v) is 18.9. The van der Waals surface area contributed by atoms with E-state index in [1.165, 1.54) is 238 Å². The summed E-state index contributed by atoms with van der Waals surface area (Å²) in [6.45, 7) is 4.10. The number of amides is 1. The summed E-state index contributed by atoms with van der Waals surface area (Å²) in [5, 5.41) is 44.0. The average molecular weight is 838 g/mol. The van der Waals surface area contributed by atoms with Gasteiger partial charge in [-0.05, 0) is 12.8 Å². The monoisotopic (exact) mass is 838 g/mol. The Balaban J connectivity index is 3.61. The zero-order valence-corrected chi connectivity index (χ0v) is 40.0. The molecule has 0 fully saturated rings. The molecule has 6 nitrogen and oxygen atoms in total. The van der Waals surface area contributed by atoms with Crippen molar-refractivity contribution in [1.29, 1.82) is 0 Å². The van der Waals surface area contributed by atoms with Gasteiger partial charge in [-0.25, -0.2) is 0 Å². The predicted octanol–water partition coefficient (Wildman–Crippen LogP) is 15.1. The number of unbranched alkanes of at least 4 members (excludes halogenated alkanes) is 41. The molecule has 4 atom stereocenters. The van der Waals surface area contributed by atoms with Crippen molar-refractivity contribution in [2.45, 2.75) is 327 Å². The lowest BCUT2D eigenvalue weighted by molar-refractivity contribution is -0.132. The molecule has 59 heavy (non-hydrogen) atoms. The van der Waals surface area contributed by atoms with Gasteiger partial charge in [0.25, 0.3) is 0 Å². The molecule has 0 aromatic rings. The molecule has 0 radical (unpaired) electrons. The minimum atomic E-state index is -1.25. The van der Waals surface area contributed by atoms with Crippen molar-refractivity contribution < 1.29 is 25.2 Å². The molecule has 0 spiro atoms. The van der Waals surface area contributed by atoms with Crippen molar-refractivity contribution in [3.8, 4) is 0 Å². The molecular formula is C53H107NO5. The quantitative estimate of drug-likeness (QED) is 0.0392. The summed E-state index contributed by atoms with van der Waals surface area (Å²) < 4.78 is 0. The minimum Gasteiger partial charge on any atom is -0.394 e. The van der Waals surface area contributed by atoms with E-state index < -0.39 is 36.9 Å². The fraction of sp³-hybridized carbons (Fsp3) is 0.981. The highest BCUT2D eigenvalue weighted by Gasteiger charge is 2.28. The summed E-state index contributed by atoms with van der Waals surface area (Å²) in [7, 11) is 0. The molecule has 1 amide bonds. The van der Waals surface area contributed by atoms with Crippen LogP contribution in [0, 0.1) is 0 Å². The Bertz CT molecular complexity index is 811. The van der Waals surface area contributed by atoms with Gasteiger partial charge in [0.15, 0.2) is 0 Å². The van der Waals surface area contributed by atoms with Crippen molar-refractivity contribution in [1.82, 2.24) is 5.32 Å². The maximum Gasteiger partial charge on any atom is 0.249 e. The Labute approximate surface area is 369 Å². The summed E-state index contributed by atoms with van der Waals surface area (Å²) >= 11 is 0. The Morgan fingerprint density at radius 3 is 0.814 bits per heavy atom. The van der Waals surface area contributed by atoms with Gasteiger partial charge in [0.1, 0.15) is 12.2 Å². The maximum atomic E-state index is 12.6. The third kappa shape index (κ3) is 42.4. The summed E-state index contributed by atoms with van der Waals surface area (Å²) in [5.41, 5.74) is 0. The zero-order chi connectivity index (χ0) is 43.1. The molecule has 0 aromatic heterocycles.